The summed E-state index contributed by atoms with van der Waals surface area (Å²) in [6.07, 6.45) is 1.24. The number of benzene rings is 1. The maximum absolute atomic E-state index is 5.99. The van der Waals surface area contributed by atoms with Crippen molar-refractivity contribution in [2.45, 2.75) is 25.4 Å². The second-order valence-corrected chi connectivity index (χ2v) is 5.13. The van der Waals surface area contributed by atoms with Crippen LogP contribution in [0.3, 0.4) is 0 Å². The molecule has 1 fully saturated rings. The van der Waals surface area contributed by atoms with E-state index in [4.69, 9.17) is 11.6 Å². The van der Waals surface area contributed by atoms with Crippen molar-refractivity contribution in [3.05, 3.63) is 34.9 Å². The van der Waals surface area contributed by atoms with Crippen LogP contribution >= 0.6 is 11.6 Å². The van der Waals surface area contributed by atoms with Crippen molar-refractivity contribution in [1.82, 2.24) is 10.2 Å². The highest BCUT2D eigenvalue weighted by atomic mass is 35.5. The molecule has 1 N–H and O–H groups in total. The molecule has 1 aromatic rings. The molecule has 1 aromatic carbocycles. The fourth-order valence-electron chi connectivity index (χ4n) is 2.30. The predicted molar refractivity (Wildman–Crippen MR) is 68.9 cm³/mol. The Morgan fingerprint density at radius 2 is 2.31 bits per heavy atom. The van der Waals surface area contributed by atoms with Crippen LogP contribution in [0.5, 0.6) is 0 Å². The highest BCUT2D eigenvalue weighted by molar-refractivity contribution is 6.30. The van der Waals surface area contributed by atoms with Crippen LogP contribution in [0.1, 0.15) is 24.9 Å². The summed E-state index contributed by atoms with van der Waals surface area (Å²) in [5.74, 6) is 0. The quantitative estimate of drug-likeness (QED) is 0.871. The van der Waals surface area contributed by atoms with Gasteiger partial charge in [-0.25, -0.2) is 0 Å². The number of likely N-dealkylation sites (tertiary alicyclic amines) is 1. The summed E-state index contributed by atoms with van der Waals surface area (Å²) in [7, 11) is 2.17. The van der Waals surface area contributed by atoms with Gasteiger partial charge in [0, 0.05) is 23.7 Å². The van der Waals surface area contributed by atoms with Crippen LogP contribution in [-0.4, -0.2) is 31.1 Å². The molecule has 0 radical (unpaired) electrons. The second-order valence-electron chi connectivity index (χ2n) is 4.69. The normalized spacial score (nSPS) is 23.6. The fraction of sp³-hybridized carbons (Fsp3) is 0.538. The highest BCUT2D eigenvalue weighted by Crippen LogP contribution is 2.19. The molecule has 2 atom stereocenters. The smallest absolute Gasteiger partial charge is 0.0409 e. The third-order valence-corrected chi connectivity index (χ3v) is 3.46. The van der Waals surface area contributed by atoms with E-state index < -0.39 is 0 Å². The maximum Gasteiger partial charge on any atom is 0.0409 e. The van der Waals surface area contributed by atoms with Gasteiger partial charge < -0.3 is 10.2 Å². The van der Waals surface area contributed by atoms with Gasteiger partial charge in [0.2, 0.25) is 0 Å². The van der Waals surface area contributed by atoms with Crippen molar-refractivity contribution < 1.29 is 0 Å². The van der Waals surface area contributed by atoms with Gasteiger partial charge in [-0.2, -0.15) is 0 Å². The first-order chi connectivity index (χ1) is 7.65. The number of nitrogens with one attached hydrogen (secondary N) is 1. The van der Waals surface area contributed by atoms with Crippen molar-refractivity contribution in [2.24, 2.45) is 0 Å². The third kappa shape index (κ3) is 2.97. The Morgan fingerprint density at radius 3 is 2.94 bits per heavy atom. The minimum Gasteiger partial charge on any atom is -0.306 e. The first-order valence-electron chi connectivity index (χ1n) is 5.85. The maximum atomic E-state index is 5.99. The van der Waals surface area contributed by atoms with Crippen LogP contribution in [0, 0.1) is 0 Å². The molecule has 1 heterocycles. The van der Waals surface area contributed by atoms with Gasteiger partial charge in [-0.15, -0.1) is 0 Å². The molecule has 0 aliphatic carbocycles. The van der Waals surface area contributed by atoms with E-state index in [1.54, 1.807) is 0 Å². The first kappa shape index (κ1) is 11.9. The van der Waals surface area contributed by atoms with E-state index in [0.717, 1.165) is 11.6 Å². The van der Waals surface area contributed by atoms with Crippen molar-refractivity contribution >= 4 is 11.6 Å². The predicted octanol–water partition coefficient (Wildman–Crippen LogP) is 2.69. The molecule has 0 amide bonds. The standard InChI is InChI=1S/C13H19ClN2/c1-10(11-4-3-5-12(14)8-11)15-13-6-7-16(2)9-13/h3-5,8,10,13,15H,6-7,9H2,1-2H3/t10-,13?/m1/s1. The van der Waals surface area contributed by atoms with E-state index >= 15 is 0 Å². The highest BCUT2D eigenvalue weighted by Gasteiger charge is 2.20. The Hall–Kier alpha value is -0.570. The molecule has 2 rings (SSSR count). The second kappa shape index (κ2) is 5.17. The largest absolute Gasteiger partial charge is 0.306 e. The molecule has 88 valence electrons. The summed E-state index contributed by atoms with van der Waals surface area (Å²) in [5, 5.41) is 4.47. The first-order valence-corrected chi connectivity index (χ1v) is 6.23. The molecule has 1 unspecified atom stereocenters. The van der Waals surface area contributed by atoms with Crippen LogP contribution in [-0.2, 0) is 0 Å². The summed E-state index contributed by atoms with van der Waals surface area (Å²) >= 11 is 5.99. The summed E-state index contributed by atoms with van der Waals surface area (Å²) in [6, 6.07) is 9.08. The van der Waals surface area contributed by atoms with E-state index in [0.29, 0.717) is 12.1 Å². The van der Waals surface area contributed by atoms with Crippen LogP contribution in [0.25, 0.3) is 0 Å². The van der Waals surface area contributed by atoms with Crippen molar-refractivity contribution in [3.8, 4) is 0 Å². The zero-order chi connectivity index (χ0) is 11.5. The van der Waals surface area contributed by atoms with Crippen molar-refractivity contribution in [2.75, 3.05) is 20.1 Å². The third-order valence-electron chi connectivity index (χ3n) is 3.23. The lowest BCUT2D eigenvalue weighted by Gasteiger charge is -2.20. The lowest BCUT2D eigenvalue weighted by molar-refractivity contribution is 0.387. The fourth-order valence-corrected chi connectivity index (χ4v) is 2.50. The van der Waals surface area contributed by atoms with Crippen LogP contribution in [0.2, 0.25) is 5.02 Å². The van der Waals surface area contributed by atoms with Gasteiger partial charge in [-0.3, -0.25) is 0 Å². The summed E-state index contributed by atoms with van der Waals surface area (Å²) in [4.78, 5) is 2.36. The molecule has 1 saturated heterocycles. The Kier molecular flexibility index (Phi) is 3.85. The summed E-state index contributed by atoms with van der Waals surface area (Å²) in [5.41, 5.74) is 1.27. The van der Waals surface area contributed by atoms with E-state index in [2.05, 4.69) is 30.3 Å². The van der Waals surface area contributed by atoms with Crippen LogP contribution < -0.4 is 5.32 Å². The molecular formula is C13H19ClN2. The van der Waals surface area contributed by atoms with Gasteiger partial charge in [0.15, 0.2) is 0 Å². The minimum atomic E-state index is 0.371. The molecule has 16 heavy (non-hydrogen) atoms. The number of halogens is 1. The van der Waals surface area contributed by atoms with Gasteiger partial charge in [-0.05, 0) is 44.6 Å². The van der Waals surface area contributed by atoms with Crippen molar-refractivity contribution in [3.63, 3.8) is 0 Å². The molecule has 1 aliphatic rings. The Bertz CT molecular complexity index is 354. The topological polar surface area (TPSA) is 15.3 Å². The van der Waals surface area contributed by atoms with Gasteiger partial charge in [-0.1, -0.05) is 23.7 Å². The molecule has 0 aromatic heterocycles. The van der Waals surface area contributed by atoms with E-state index in [-0.39, 0.29) is 0 Å². The molecule has 0 bridgehead atoms. The van der Waals surface area contributed by atoms with E-state index in [1.165, 1.54) is 18.5 Å². The van der Waals surface area contributed by atoms with Gasteiger partial charge in [0.25, 0.3) is 0 Å². The molecule has 0 saturated carbocycles. The Balaban J connectivity index is 1.95. The number of rotatable bonds is 3. The Morgan fingerprint density at radius 1 is 1.50 bits per heavy atom. The SMILES string of the molecule is C[C@@H](NC1CCN(C)C1)c1cccc(Cl)c1. The number of nitrogens with zero attached hydrogens (tertiary/aromatic N) is 1. The van der Waals surface area contributed by atoms with Crippen molar-refractivity contribution in [1.29, 1.82) is 0 Å². The van der Waals surface area contributed by atoms with E-state index in [1.807, 2.05) is 18.2 Å². The number of likely N-dealkylation sites (N-methyl/N-ethyl adjacent to an activating group) is 1. The summed E-state index contributed by atoms with van der Waals surface area (Å²) in [6.45, 7) is 4.54. The zero-order valence-corrected chi connectivity index (χ0v) is 10.7. The monoisotopic (exact) mass is 238 g/mol. The molecule has 3 heteroatoms. The lowest BCUT2D eigenvalue weighted by atomic mass is 10.1. The molecule has 2 nitrogen and oxygen atoms in total. The lowest BCUT2D eigenvalue weighted by Crippen LogP contribution is -2.33. The van der Waals surface area contributed by atoms with Gasteiger partial charge in [0.1, 0.15) is 0 Å². The van der Waals surface area contributed by atoms with E-state index in [9.17, 15) is 0 Å². The molecular weight excluding hydrogens is 220 g/mol. The number of hydrogen-bond acceptors (Lipinski definition) is 2. The number of hydrogen-bond donors (Lipinski definition) is 1. The molecule has 1 aliphatic heterocycles. The zero-order valence-electron chi connectivity index (χ0n) is 9.91. The average Bonchev–Trinajstić information content (AvgIpc) is 2.64. The molecule has 0 spiro atoms. The van der Waals surface area contributed by atoms with Crippen LogP contribution in [0.15, 0.2) is 24.3 Å². The summed E-state index contributed by atoms with van der Waals surface area (Å²) < 4.78 is 0. The van der Waals surface area contributed by atoms with Gasteiger partial charge in [0.05, 0.1) is 0 Å². The van der Waals surface area contributed by atoms with Gasteiger partial charge >= 0.3 is 0 Å². The minimum absolute atomic E-state index is 0.371. The Labute approximate surface area is 103 Å². The van der Waals surface area contributed by atoms with Crippen LogP contribution in [0.4, 0.5) is 0 Å². The average molecular weight is 239 g/mol.